The molecule has 0 saturated carbocycles. The summed E-state index contributed by atoms with van der Waals surface area (Å²) in [5.41, 5.74) is 10.3. The van der Waals surface area contributed by atoms with E-state index in [1.54, 1.807) is 0 Å². The Bertz CT molecular complexity index is 987. The Labute approximate surface area is 205 Å². The van der Waals surface area contributed by atoms with Gasteiger partial charge in [-0.2, -0.15) is 0 Å². The highest BCUT2D eigenvalue weighted by Gasteiger charge is 2.28. The van der Waals surface area contributed by atoms with Crippen molar-refractivity contribution in [3.05, 3.63) is 65.0 Å². The first-order chi connectivity index (χ1) is 16.5. The number of aliphatic imine (C=N–C) groups is 1. The largest absolute Gasteiger partial charge is 0.401 e. The molecule has 1 atom stereocenters. The molecule has 1 aromatic carbocycles. The molecule has 0 amide bonds. The fourth-order valence-corrected chi connectivity index (χ4v) is 6.09. The number of hydrogen-bond acceptors (Lipinski definition) is 6. The molecule has 0 aromatic heterocycles. The van der Waals surface area contributed by atoms with Crippen LogP contribution in [0.1, 0.15) is 49.1 Å². The Kier molecular flexibility index (Phi) is 8.11. The van der Waals surface area contributed by atoms with Crippen molar-refractivity contribution >= 4 is 22.3 Å². The average molecular weight is 484 g/mol. The van der Waals surface area contributed by atoms with Crippen LogP contribution in [0.2, 0.25) is 0 Å². The Morgan fingerprint density at radius 1 is 1.15 bits per heavy atom. The summed E-state index contributed by atoms with van der Waals surface area (Å²) in [5.74, 6) is 2.52. The highest BCUT2D eigenvalue weighted by Crippen LogP contribution is 2.30. The highest BCUT2D eigenvalue weighted by atomic mass is 32.2. The van der Waals surface area contributed by atoms with Crippen LogP contribution < -0.4 is 16.4 Å². The van der Waals surface area contributed by atoms with Crippen molar-refractivity contribution in [2.45, 2.75) is 44.1 Å². The molecule has 3 aliphatic rings. The molecule has 34 heavy (non-hydrogen) atoms. The van der Waals surface area contributed by atoms with E-state index in [0.29, 0.717) is 47.7 Å². The Morgan fingerprint density at radius 2 is 1.82 bits per heavy atom. The molecule has 3 heterocycles. The number of benzene rings is 1. The van der Waals surface area contributed by atoms with Gasteiger partial charge in [0.25, 0.3) is 0 Å². The van der Waals surface area contributed by atoms with Crippen LogP contribution in [0.4, 0.5) is 0 Å². The van der Waals surface area contributed by atoms with Gasteiger partial charge < -0.3 is 26.0 Å². The predicted molar refractivity (Wildman–Crippen MR) is 140 cm³/mol. The SMILES string of the molecule is C=C(NC)c1ccc(C2CCN(C(=C)NC(=NC3CCOCC3)C3=C(N)CCS3=O)CC2)cc1. The lowest BCUT2D eigenvalue weighted by atomic mass is 9.89. The van der Waals surface area contributed by atoms with E-state index >= 15 is 0 Å². The minimum absolute atomic E-state index is 0.148. The highest BCUT2D eigenvalue weighted by molar-refractivity contribution is 7.90. The van der Waals surface area contributed by atoms with Gasteiger partial charge >= 0.3 is 0 Å². The van der Waals surface area contributed by atoms with Crippen LogP contribution in [-0.4, -0.2) is 60.1 Å². The van der Waals surface area contributed by atoms with E-state index in [2.05, 4.69) is 53.0 Å². The Balaban J connectivity index is 1.40. The minimum atomic E-state index is -1.12. The number of nitrogens with two attached hydrogens (primary N) is 1. The van der Waals surface area contributed by atoms with E-state index in [1.165, 1.54) is 5.56 Å². The molecule has 4 rings (SSSR count). The van der Waals surface area contributed by atoms with Gasteiger partial charge in [0.1, 0.15) is 5.84 Å². The van der Waals surface area contributed by atoms with Gasteiger partial charge in [0.15, 0.2) is 0 Å². The number of piperidine rings is 1. The first kappa shape index (κ1) is 24.5. The quantitative estimate of drug-likeness (QED) is 0.408. The van der Waals surface area contributed by atoms with Crippen LogP contribution in [0.25, 0.3) is 5.70 Å². The van der Waals surface area contributed by atoms with E-state index < -0.39 is 10.8 Å². The smallest absolute Gasteiger partial charge is 0.145 e. The number of nitrogens with one attached hydrogen (secondary N) is 2. The second-order valence-corrected chi connectivity index (χ2v) is 10.7. The van der Waals surface area contributed by atoms with Crippen molar-refractivity contribution in [3.63, 3.8) is 0 Å². The number of rotatable bonds is 7. The lowest BCUT2D eigenvalue weighted by molar-refractivity contribution is 0.0870. The number of allylic oxidation sites excluding steroid dienone is 1. The van der Waals surface area contributed by atoms with E-state index in [9.17, 15) is 4.21 Å². The summed E-state index contributed by atoms with van der Waals surface area (Å²) < 4.78 is 18.2. The van der Waals surface area contributed by atoms with E-state index in [-0.39, 0.29) is 6.04 Å². The third-order valence-corrected chi connectivity index (χ3v) is 8.45. The molecule has 1 aromatic rings. The number of amidine groups is 1. The monoisotopic (exact) mass is 483 g/mol. The predicted octanol–water partition coefficient (Wildman–Crippen LogP) is 3.02. The fourth-order valence-electron chi connectivity index (χ4n) is 4.77. The van der Waals surface area contributed by atoms with Crippen LogP contribution in [-0.2, 0) is 15.5 Å². The molecule has 3 aliphatic heterocycles. The van der Waals surface area contributed by atoms with Gasteiger partial charge in [0.2, 0.25) is 0 Å². The van der Waals surface area contributed by atoms with Gasteiger partial charge in [-0.15, -0.1) is 0 Å². The molecule has 0 radical (unpaired) electrons. The van der Waals surface area contributed by atoms with Crippen molar-refractivity contribution in [1.29, 1.82) is 0 Å². The summed E-state index contributed by atoms with van der Waals surface area (Å²) in [6.07, 6.45) is 4.48. The molecule has 0 bridgehead atoms. The Hall–Kier alpha value is -2.58. The van der Waals surface area contributed by atoms with Crippen LogP contribution in [0.3, 0.4) is 0 Å². The summed E-state index contributed by atoms with van der Waals surface area (Å²) in [4.78, 5) is 7.86. The van der Waals surface area contributed by atoms with Crippen LogP contribution in [0.15, 0.2) is 58.8 Å². The first-order valence-electron chi connectivity index (χ1n) is 12.2. The van der Waals surface area contributed by atoms with Crippen molar-refractivity contribution in [1.82, 2.24) is 15.5 Å². The standard InChI is InChI=1S/C26H37N5O2S/c1-18(28-3)20-4-6-21(7-5-20)22-8-13-31(14-9-22)19(2)29-26(25-24(27)12-17-34(25)32)30-23-10-15-33-16-11-23/h4-7,22-23,28H,1-2,8-17,27H2,3H3,(H,29,30). The third kappa shape index (κ3) is 5.73. The third-order valence-electron chi connectivity index (χ3n) is 6.97. The molecule has 8 heteroatoms. The number of hydrogen-bond donors (Lipinski definition) is 3. The lowest BCUT2D eigenvalue weighted by Gasteiger charge is -2.35. The van der Waals surface area contributed by atoms with E-state index in [4.69, 9.17) is 15.5 Å². The maximum atomic E-state index is 12.7. The molecular formula is C26H37N5O2S. The van der Waals surface area contributed by atoms with Gasteiger partial charge in [-0.05, 0) is 42.7 Å². The second-order valence-electron chi connectivity index (χ2n) is 9.16. The van der Waals surface area contributed by atoms with Gasteiger partial charge in [0, 0.05) is 56.9 Å². The number of nitrogens with zero attached hydrogens (tertiary/aromatic N) is 2. The van der Waals surface area contributed by atoms with Gasteiger partial charge in [-0.1, -0.05) is 37.4 Å². The maximum absolute atomic E-state index is 12.7. The van der Waals surface area contributed by atoms with E-state index in [0.717, 1.165) is 55.9 Å². The van der Waals surface area contributed by atoms with Crippen LogP contribution >= 0.6 is 0 Å². The number of likely N-dealkylation sites (tertiary alicyclic amines) is 1. The van der Waals surface area contributed by atoms with Crippen molar-refractivity contribution in [2.24, 2.45) is 10.7 Å². The average Bonchev–Trinajstić information content (AvgIpc) is 3.21. The molecule has 184 valence electrons. The second kappa shape index (κ2) is 11.2. The molecule has 1 unspecified atom stereocenters. The van der Waals surface area contributed by atoms with Gasteiger partial charge in [-0.25, -0.2) is 0 Å². The van der Waals surface area contributed by atoms with Crippen molar-refractivity contribution in [2.75, 3.05) is 39.1 Å². The first-order valence-corrected chi connectivity index (χ1v) is 13.5. The summed E-state index contributed by atoms with van der Waals surface area (Å²) in [5, 5.41) is 6.51. The zero-order valence-electron chi connectivity index (χ0n) is 20.1. The normalized spacial score (nSPS) is 22.7. The van der Waals surface area contributed by atoms with Crippen LogP contribution in [0, 0.1) is 0 Å². The fraction of sp³-hybridized carbons (Fsp3) is 0.500. The minimum Gasteiger partial charge on any atom is -0.401 e. The molecule has 4 N–H and O–H groups in total. The zero-order chi connectivity index (χ0) is 24.1. The molecule has 2 fully saturated rings. The summed E-state index contributed by atoms with van der Waals surface area (Å²) in [6.45, 7) is 11.6. The molecule has 0 aliphatic carbocycles. The summed E-state index contributed by atoms with van der Waals surface area (Å²) >= 11 is 0. The van der Waals surface area contributed by atoms with E-state index in [1.807, 2.05) is 7.05 Å². The van der Waals surface area contributed by atoms with Gasteiger partial charge in [0.05, 0.1) is 27.6 Å². The molecule has 0 spiro atoms. The summed E-state index contributed by atoms with van der Waals surface area (Å²) in [6, 6.07) is 8.86. The maximum Gasteiger partial charge on any atom is 0.145 e. The summed E-state index contributed by atoms with van der Waals surface area (Å²) in [7, 11) is 0.767. The molecular weight excluding hydrogens is 446 g/mol. The zero-order valence-corrected chi connectivity index (χ0v) is 21.0. The topological polar surface area (TPSA) is 92.0 Å². The lowest BCUT2D eigenvalue weighted by Crippen LogP contribution is -2.40. The number of ether oxygens (including phenoxy) is 1. The molecule has 7 nitrogen and oxygen atoms in total. The van der Waals surface area contributed by atoms with Crippen LogP contribution in [0.5, 0.6) is 0 Å². The van der Waals surface area contributed by atoms with Crippen molar-refractivity contribution in [3.8, 4) is 0 Å². The Morgan fingerprint density at radius 3 is 2.41 bits per heavy atom. The van der Waals surface area contributed by atoms with Gasteiger partial charge in [-0.3, -0.25) is 9.20 Å². The van der Waals surface area contributed by atoms with Crippen molar-refractivity contribution < 1.29 is 8.95 Å². The molecule has 2 saturated heterocycles.